The molecule has 0 spiro atoms. The van der Waals surface area contributed by atoms with Gasteiger partial charge in [-0.2, -0.15) is 9.97 Å². The van der Waals surface area contributed by atoms with E-state index in [0.717, 1.165) is 35.6 Å². The Balaban J connectivity index is 1.56. The highest BCUT2D eigenvalue weighted by Gasteiger charge is 2.38. The molecule has 1 unspecified atom stereocenters. The molecule has 2 aliphatic rings. The predicted octanol–water partition coefficient (Wildman–Crippen LogP) is 3.53. The molecule has 10 nitrogen and oxygen atoms in total. The van der Waals surface area contributed by atoms with Crippen LogP contribution in [0, 0.1) is 0 Å². The van der Waals surface area contributed by atoms with Gasteiger partial charge in [-0.3, -0.25) is 14.7 Å². The first kappa shape index (κ1) is 21.2. The van der Waals surface area contributed by atoms with Crippen molar-refractivity contribution < 1.29 is 0 Å². The number of halogens is 1. The van der Waals surface area contributed by atoms with Crippen molar-refractivity contribution in [3.05, 3.63) is 76.6 Å². The summed E-state index contributed by atoms with van der Waals surface area (Å²) in [6.07, 6.45) is 6.42. The normalized spacial score (nSPS) is 17.6. The number of H-pyrrole nitrogens is 1. The van der Waals surface area contributed by atoms with Crippen molar-refractivity contribution in [2.75, 3.05) is 22.1 Å². The number of aliphatic imine (C=N–C) groups is 1. The summed E-state index contributed by atoms with van der Waals surface area (Å²) in [4.78, 5) is 41.6. The van der Waals surface area contributed by atoms with Gasteiger partial charge >= 0.3 is 0 Å². The van der Waals surface area contributed by atoms with Gasteiger partial charge in [-0.25, -0.2) is 9.98 Å². The average molecular weight is 486 g/mol. The van der Waals surface area contributed by atoms with Crippen LogP contribution in [-0.4, -0.2) is 43.3 Å². The second kappa shape index (κ2) is 8.17. The van der Waals surface area contributed by atoms with E-state index < -0.39 is 0 Å². The minimum atomic E-state index is -0.327. The fourth-order valence-corrected chi connectivity index (χ4v) is 5.06. The Kier molecular flexibility index (Phi) is 4.96. The number of fused-ring (bicyclic) bond motifs is 2. The number of benzene rings is 1. The van der Waals surface area contributed by atoms with Crippen molar-refractivity contribution in [2.45, 2.75) is 18.9 Å². The van der Waals surface area contributed by atoms with Crippen molar-refractivity contribution >= 4 is 57.3 Å². The van der Waals surface area contributed by atoms with Gasteiger partial charge in [-0.1, -0.05) is 24.2 Å². The molecule has 5 heterocycles. The van der Waals surface area contributed by atoms with Crippen LogP contribution in [0.15, 0.2) is 65.4 Å². The fraction of sp³-hybridized carbons (Fsp3) is 0.167. The SMILES string of the molecule is C=C1c2c(Cl)cccc2N=C(C2CCCN2c2nc(N)nc3nc[nH]c(=O)c23)N1c1cccnc1. The number of aromatic nitrogens is 5. The van der Waals surface area contributed by atoms with Crippen LogP contribution in [0.25, 0.3) is 16.7 Å². The van der Waals surface area contributed by atoms with Crippen LogP contribution in [0.3, 0.4) is 0 Å². The summed E-state index contributed by atoms with van der Waals surface area (Å²) < 4.78 is 0. The Labute approximate surface area is 204 Å². The lowest BCUT2D eigenvalue weighted by atomic mass is 10.0. The summed E-state index contributed by atoms with van der Waals surface area (Å²) in [7, 11) is 0. The third kappa shape index (κ3) is 3.41. The van der Waals surface area contributed by atoms with E-state index in [9.17, 15) is 4.79 Å². The molecule has 1 aromatic carbocycles. The Bertz CT molecular complexity index is 1570. The van der Waals surface area contributed by atoms with Gasteiger partial charge in [0.1, 0.15) is 17.0 Å². The molecule has 0 amide bonds. The maximum Gasteiger partial charge on any atom is 0.263 e. The van der Waals surface area contributed by atoms with E-state index in [2.05, 4.69) is 31.5 Å². The number of pyridine rings is 1. The van der Waals surface area contributed by atoms with Gasteiger partial charge < -0.3 is 15.6 Å². The number of rotatable bonds is 3. The first-order valence-electron chi connectivity index (χ1n) is 11.1. The Hall–Kier alpha value is -4.31. The molecule has 1 saturated heterocycles. The summed E-state index contributed by atoms with van der Waals surface area (Å²) in [5.41, 5.74) is 8.93. The van der Waals surface area contributed by atoms with Gasteiger partial charge in [0.25, 0.3) is 5.56 Å². The minimum absolute atomic E-state index is 0.0486. The number of hydrogen-bond donors (Lipinski definition) is 2. The van der Waals surface area contributed by atoms with Crippen LogP contribution >= 0.6 is 11.6 Å². The van der Waals surface area contributed by atoms with E-state index in [1.807, 2.05) is 40.1 Å². The van der Waals surface area contributed by atoms with Gasteiger partial charge in [-0.15, -0.1) is 0 Å². The van der Waals surface area contributed by atoms with Crippen molar-refractivity contribution in [1.29, 1.82) is 0 Å². The van der Waals surface area contributed by atoms with Crippen molar-refractivity contribution in [3.63, 3.8) is 0 Å². The molecule has 0 radical (unpaired) electrons. The molecule has 1 fully saturated rings. The molecular weight excluding hydrogens is 466 g/mol. The smallest absolute Gasteiger partial charge is 0.263 e. The van der Waals surface area contributed by atoms with Crippen LogP contribution in [-0.2, 0) is 0 Å². The van der Waals surface area contributed by atoms with E-state index in [1.54, 1.807) is 12.4 Å². The van der Waals surface area contributed by atoms with Gasteiger partial charge in [0.15, 0.2) is 5.65 Å². The van der Waals surface area contributed by atoms with E-state index in [4.69, 9.17) is 22.3 Å². The summed E-state index contributed by atoms with van der Waals surface area (Å²) >= 11 is 6.56. The Morgan fingerprint density at radius 2 is 2.09 bits per heavy atom. The van der Waals surface area contributed by atoms with Gasteiger partial charge in [-0.05, 0) is 37.1 Å². The Morgan fingerprint density at radius 3 is 2.91 bits per heavy atom. The first-order chi connectivity index (χ1) is 17.0. The monoisotopic (exact) mass is 485 g/mol. The molecule has 4 aromatic rings. The lowest BCUT2D eigenvalue weighted by Crippen LogP contribution is -2.47. The van der Waals surface area contributed by atoms with E-state index in [0.29, 0.717) is 28.5 Å². The number of hydrogen-bond acceptors (Lipinski definition) is 9. The molecule has 0 aliphatic carbocycles. The molecule has 3 N–H and O–H groups in total. The van der Waals surface area contributed by atoms with Crippen LogP contribution in [0.1, 0.15) is 18.4 Å². The van der Waals surface area contributed by atoms with E-state index in [1.165, 1.54) is 6.33 Å². The lowest BCUT2D eigenvalue weighted by molar-refractivity contribution is 0.820. The first-order valence-corrected chi connectivity index (χ1v) is 11.4. The molecule has 2 aliphatic heterocycles. The number of anilines is 3. The van der Waals surface area contributed by atoms with Crippen LogP contribution < -0.4 is 21.1 Å². The van der Waals surface area contributed by atoms with Gasteiger partial charge in [0, 0.05) is 18.3 Å². The largest absolute Gasteiger partial charge is 0.368 e. The topological polar surface area (TPSA) is 129 Å². The molecule has 0 bridgehead atoms. The van der Waals surface area contributed by atoms with E-state index >= 15 is 0 Å². The van der Waals surface area contributed by atoms with Crippen molar-refractivity contribution in [3.8, 4) is 0 Å². The molecule has 35 heavy (non-hydrogen) atoms. The molecule has 174 valence electrons. The summed E-state index contributed by atoms with van der Waals surface area (Å²) in [5, 5.41) is 0.861. The van der Waals surface area contributed by atoms with Crippen LogP contribution in [0.4, 0.5) is 23.1 Å². The molecule has 6 rings (SSSR count). The zero-order chi connectivity index (χ0) is 24.1. The standard InChI is InChI=1S/C24H20ClN9O/c1-13-18-15(25)6-2-7-16(18)30-21(34(13)14-5-3-9-27-11-14)17-8-4-10-33(17)22-19-20(31-24(26)32-22)28-12-29-23(19)35/h2-3,5-7,9,11-12,17H,1,4,8,10H2,(H3,26,28,29,31,32,35). The number of nitrogens with zero attached hydrogens (tertiary/aromatic N) is 7. The number of aromatic amines is 1. The molecular formula is C24H20ClN9O. The molecule has 11 heteroatoms. The van der Waals surface area contributed by atoms with Crippen molar-refractivity contribution in [1.82, 2.24) is 24.9 Å². The summed E-state index contributed by atoms with van der Waals surface area (Å²) in [6.45, 7) is 5.03. The molecule has 0 saturated carbocycles. The summed E-state index contributed by atoms with van der Waals surface area (Å²) in [6, 6.07) is 9.19. The van der Waals surface area contributed by atoms with Crippen molar-refractivity contribution in [2.24, 2.45) is 4.99 Å². The average Bonchev–Trinajstić information content (AvgIpc) is 3.33. The highest BCUT2D eigenvalue weighted by molar-refractivity contribution is 6.34. The van der Waals surface area contributed by atoms with Crippen LogP contribution in [0.2, 0.25) is 5.02 Å². The number of amidine groups is 1. The zero-order valence-electron chi connectivity index (χ0n) is 18.5. The second-order valence-corrected chi connectivity index (χ2v) is 8.69. The predicted molar refractivity (Wildman–Crippen MR) is 137 cm³/mol. The third-order valence-electron chi connectivity index (χ3n) is 6.24. The minimum Gasteiger partial charge on any atom is -0.368 e. The highest BCUT2D eigenvalue weighted by atomic mass is 35.5. The lowest BCUT2D eigenvalue weighted by Gasteiger charge is -2.38. The maximum atomic E-state index is 12.8. The quantitative estimate of drug-likeness (QED) is 0.450. The summed E-state index contributed by atoms with van der Waals surface area (Å²) in [5.74, 6) is 1.22. The number of nitrogens with two attached hydrogens (primary N) is 1. The van der Waals surface area contributed by atoms with Crippen LogP contribution in [0.5, 0.6) is 0 Å². The maximum absolute atomic E-state index is 12.8. The molecule has 3 aromatic heterocycles. The zero-order valence-corrected chi connectivity index (χ0v) is 19.3. The Morgan fingerprint density at radius 1 is 1.20 bits per heavy atom. The second-order valence-electron chi connectivity index (χ2n) is 8.28. The molecule has 1 atom stereocenters. The van der Waals surface area contributed by atoms with Gasteiger partial charge in [0.2, 0.25) is 5.95 Å². The van der Waals surface area contributed by atoms with Gasteiger partial charge in [0.05, 0.1) is 40.7 Å². The highest BCUT2D eigenvalue weighted by Crippen LogP contribution is 2.42. The number of nitrogens with one attached hydrogen (secondary N) is 1. The fourth-order valence-electron chi connectivity index (χ4n) is 4.78. The number of nitrogen functional groups attached to an aromatic ring is 1. The third-order valence-corrected chi connectivity index (χ3v) is 6.55. The van der Waals surface area contributed by atoms with E-state index in [-0.39, 0.29) is 23.2 Å².